The SMILES string of the molecule is CC(C)(Br)C(=O)O.CC(C)(Br)C(=O)O. The van der Waals surface area contributed by atoms with Crippen LogP contribution >= 0.6 is 31.9 Å². The fourth-order valence-corrected chi connectivity index (χ4v) is 0. The molecule has 0 bridgehead atoms. The summed E-state index contributed by atoms with van der Waals surface area (Å²) in [5, 5.41) is 16.4. The Balaban J connectivity index is 0. The van der Waals surface area contributed by atoms with E-state index in [1.165, 1.54) is 0 Å². The third kappa shape index (κ3) is 9.98. The van der Waals surface area contributed by atoms with Crippen LogP contribution in [0.3, 0.4) is 0 Å². The van der Waals surface area contributed by atoms with Crippen LogP contribution in [0.2, 0.25) is 0 Å². The minimum atomic E-state index is -0.840. The van der Waals surface area contributed by atoms with Crippen LogP contribution in [0.4, 0.5) is 0 Å². The van der Waals surface area contributed by atoms with Crippen LogP contribution in [0.15, 0.2) is 0 Å². The van der Waals surface area contributed by atoms with Gasteiger partial charge in [0.05, 0.1) is 0 Å². The lowest BCUT2D eigenvalue weighted by Crippen LogP contribution is -2.22. The topological polar surface area (TPSA) is 74.6 Å². The summed E-state index contributed by atoms with van der Waals surface area (Å²) in [6.45, 7) is 6.31. The molecule has 0 aromatic rings. The maximum Gasteiger partial charge on any atom is 0.319 e. The van der Waals surface area contributed by atoms with E-state index in [0.29, 0.717) is 0 Å². The predicted molar refractivity (Wildman–Crippen MR) is 61.3 cm³/mol. The number of carboxylic acids is 2. The molecule has 4 nitrogen and oxygen atoms in total. The summed E-state index contributed by atoms with van der Waals surface area (Å²) in [5.41, 5.74) is 0. The second kappa shape index (κ2) is 5.70. The first-order valence-corrected chi connectivity index (χ1v) is 5.32. The minimum absolute atomic E-state index is 0.771. The van der Waals surface area contributed by atoms with Crippen LogP contribution in [0, 0.1) is 0 Å². The molecule has 0 saturated carbocycles. The zero-order valence-corrected chi connectivity index (χ0v) is 11.6. The lowest BCUT2D eigenvalue weighted by molar-refractivity contribution is -0.139. The molecule has 0 aromatic heterocycles. The molecule has 2 N–H and O–H groups in total. The van der Waals surface area contributed by atoms with Crippen molar-refractivity contribution in [1.82, 2.24) is 0 Å². The van der Waals surface area contributed by atoms with E-state index in [1.807, 2.05) is 0 Å². The normalized spacial score (nSPS) is 11.3. The fraction of sp³-hybridized carbons (Fsp3) is 0.750. The van der Waals surface area contributed by atoms with E-state index < -0.39 is 20.6 Å². The molecule has 0 spiro atoms. The number of hydrogen-bond acceptors (Lipinski definition) is 2. The van der Waals surface area contributed by atoms with E-state index in [4.69, 9.17) is 10.2 Å². The summed E-state index contributed by atoms with van der Waals surface area (Å²) in [5.74, 6) is -1.68. The van der Waals surface area contributed by atoms with Crippen LogP contribution in [-0.4, -0.2) is 30.8 Å². The van der Waals surface area contributed by atoms with Gasteiger partial charge in [0.25, 0.3) is 0 Å². The van der Waals surface area contributed by atoms with Crippen molar-refractivity contribution < 1.29 is 19.8 Å². The first kappa shape index (κ1) is 16.3. The lowest BCUT2D eigenvalue weighted by Gasteiger charge is -2.06. The molecule has 0 aromatic carbocycles. The maximum absolute atomic E-state index is 9.97. The van der Waals surface area contributed by atoms with Gasteiger partial charge < -0.3 is 10.2 Å². The van der Waals surface area contributed by atoms with Gasteiger partial charge in [0.2, 0.25) is 0 Å². The van der Waals surface area contributed by atoms with Crippen molar-refractivity contribution in [2.45, 2.75) is 36.3 Å². The largest absolute Gasteiger partial charge is 0.480 e. The van der Waals surface area contributed by atoms with Crippen LogP contribution in [-0.2, 0) is 9.59 Å². The molecule has 0 aliphatic carbocycles. The molecule has 0 heterocycles. The van der Waals surface area contributed by atoms with E-state index in [2.05, 4.69) is 31.9 Å². The smallest absolute Gasteiger partial charge is 0.319 e. The summed E-state index contributed by atoms with van der Waals surface area (Å²) >= 11 is 5.89. The Morgan fingerprint density at radius 3 is 0.929 bits per heavy atom. The Bertz CT molecular complexity index is 188. The second-order valence-corrected chi connectivity index (χ2v) is 7.52. The van der Waals surface area contributed by atoms with Crippen molar-refractivity contribution in [3.63, 3.8) is 0 Å². The summed E-state index contributed by atoms with van der Waals surface area (Å²) in [4.78, 5) is 19.9. The quantitative estimate of drug-likeness (QED) is 0.761. The van der Waals surface area contributed by atoms with E-state index in [9.17, 15) is 9.59 Å². The Labute approximate surface area is 99.9 Å². The molecule has 0 unspecified atom stereocenters. The summed E-state index contributed by atoms with van der Waals surface area (Å²) in [6, 6.07) is 0. The van der Waals surface area contributed by atoms with E-state index in [-0.39, 0.29) is 0 Å². The Kier molecular flexibility index (Phi) is 6.65. The number of halogens is 2. The molecule has 6 heteroatoms. The lowest BCUT2D eigenvalue weighted by atomic mass is 10.2. The molecule has 0 rings (SSSR count). The number of rotatable bonds is 2. The van der Waals surface area contributed by atoms with Gasteiger partial charge in [-0.2, -0.15) is 0 Å². The van der Waals surface area contributed by atoms with Crippen molar-refractivity contribution in [2.24, 2.45) is 0 Å². The molecule has 14 heavy (non-hydrogen) atoms. The van der Waals surface area contributed by atoms with Crippen molar-refractivity contribution >= 4 is 43.8 Å². The summed E-state index contributed by atoms with van der Waals surface area (Å²) in [6.07, 6.45) is 0. The van der Waals surface area contributed by atoms with Crippen molar-refractivity contribution in [2.75, 3.05) is 0 Å². The standard InChI is InChI=1S/2C4H7BrO2/c2*1-4(2,5)3(6)7/h2*1-2H3,(H,6,7). The van der Waals surface area contributed by atoms with Gasteiger partial charge in [-0.3, -0.25) is 9.59 Å². The highest BCUT2D eigenvalue weighted by atomic mass is 79.9. The molecule has 0 atom stereocenters. The van der Waals surface area contributed by atoms with Gasteiger partial charge in [0.15, 0.2) is 0 Å². The Hall–Kier alpha value is -0.100. The Morgan fingerprint density at radius 2 is 0.929 bits per heavy atom. The number of carbonyl (C=O) groups is 2. The highest BCUT2D eigenvalue weighted by molar-refractivity contribution is 9.10. The third-order valence-corrected chi connectivity index (χ3v) is 1.70. The predicted octanol–water partition coefficient (Wildman–Crippen LogP) is 2.49. The number of carboxylic acid groups (broad SMARTS) is 2. The molecule has 0 saturated heterocycles. The highest BCUT2D eigenvalue weighted by Gasteiger charge is 2.22. The summed E-state index contributed by atoms with van der Waals surface area (Å²) < 4.78 is -1.54. The van der Waals surface area contributed by atoms with Gasteiger partial charge >= 0.3 is 11.9 Å². The third-order valence-electron chi connectivity index (χ3n) is 1.02. The second-order valence-electron chi connectivity index (χ2n) is 3.56. The first-order chi connectivity index (χ1) is 5.89. The molecular formula is C8H14Br2O4. The van der Waals surface area contributed by atoms with Gasteiger partial charge in [-0.25, -0.2) is 0 Å². The monoisotopic (exact) mass is 332 g/mol. The average molecular weight is 334 g/mol. The first-order valence-electron chi connectivity index (χ1n) is 3.73. The van der Waals surface area contributed by atoms with E-state index in [0.717, 1.165) is 0 Å². The molecule has 0 fully saturated rings. The van der Waals surface area contributed by atoms with Gasteiger partial charge in [0.1, 0.15) is 8.65 Å². The van der Waals surface area contributed by atoms with Crippen LogP contribution in [0.1, 0.15) is 27.7 Å². The highest BCUT2D eigenvalue weighted by Crippen LogP contribution is 2.14. The van der Waals surface area contributed by atoms with E-state index >= 15 is 0 Å². The molecule has 84 valence electrons. The number of aliphatic carboxylic acids is 2. The zero-order chi connectivity index (χ0) is 12.2. The van der Waals surface area contributed by atoms with E-state index in [1.54, 1.807) is 27.7 Å². The van der Waals surface area contributed by atoms with Gasteiger partial charge in [0, 0.05) is 0 Å². The van der Waals surface area contributed by atoms with Gasteiger partial charge in [-0.1, -0.05) is 31.9 Å². The van der Waals surface area contributed by atoms with Gasteiger partial charge in [-0.05, 0) is 27.7 Å². The molecule has 0 aliphatic heterocycles. The van der Waals surface area contributed by atoms with Crippen LogP contribution in [0.5, 0.6) is 0 Å². The number of alkyl halides is 2. The minimum Gasteiger partial charge on any atom is -0.480 e. The van der Waals surface area contributed by atoms with Crippen molar-refractivity contribution in [3.8, 4) is 0 Å². The maximum atomic E-state index is 9.97. The van der Waals surface area contributed by atoms with Crippen LogP contribution < -0.4 is 0 Å². The number of hydrogen-bond donors (Lipinski definition) is 2. The molecule has 0 amide bonds. The Morgan fingerprint density at radius 1 is 0.857 bits per heavy atom. The summed E-state index contributed by atoms with van der Waals surface area (Å²) in [7, 11) is 0. The van der Waals surface area contributed by atoms with Crippen LogP contribution in [0.25, 0.3) is 0 Å². The average Bonchev–Trinajstić information content (AvgIpc) is 1.83. The van der Waals surface area contributed by atoms with Gasteiger partial charge in [-0.15, -0.1) is 0 Å². The van der Waals surface area contributed by atoms with Crippen molar-refractivity contribution in [1.29, 1.82) is 0 Å². The molecule has 0 radical (unpaired) electrons. The fourth-order valence-electron chi connectivity index (χ4n) is 0. The molecular weight excluding hydrogens is 320 g/mol. The zero-order valence-electron chi connectivity index (χ0n) is 8.47. The van der Waals surface area contributed by atoms with Crippen molar-refractivity contribution in [3.05, 3.63) is 0 Å². The molecule has 0 aliphatic rings.